The first kappa shape index (κ1) is 14.0. The fourth-order valence-corrected chi connectivity index (χ4v) is 6.29. The second kappa shape index (κ2) is 3.99. The molecule has 0 aromatic heterocycles. The highest BCUT2D eigenvalue weighted by molar-refractivity contribution is 5.31. The molecule has 0 amide bonds. The number of nitrogens with zero attached hydrogens (tertiary/aromatic N) is 1. The lowest BCUT2D eigenvalue weighted by Gasteiger charge is -2.57. The number of ether oxygens (including phenoxy) is 2. The van der Waals surface area contributed by atoms with Crippen LogP contribution < -0.4 is 0 Å². The summed E-state index contributed by atoms with van der Waals surface area (Å²) in [7, 11) is 0. The van der Waals surface area contributed by atoms with Crippen LogP contribution in [0.3, 0.4) is 0 Å². The van der Waals surface area contributed by atoms with Gasteiger partial charge in [-0.2, -0.15) is 0 Å². The van der Waals surface area contributed by atoms with Gasteiger partial charge in [-0.1, -0.05) is 32.4 Å². The van der Waals surface area contributed by atoms with Crippen LogP contribution in [0.5, 0.6) is 0 Å². The molecule has 0 aromatic carbocycles. The average molecular weight is 303 g/mol. The molecule has 0 N–H and O–H groups in total. The van der Waals surface area contributed by atoms with E-state index in [2.05, 4.69) is 44.7 Å². The summed E-state index contributed by atoms with van der Waals surface area (Å²) in [4.78, 5) is 2.65. The van der Waals surface area contributed by atoms with E-state index in [1.165, 1.54) is 19.3 Å². The summed E-state index contributed by atoms with van der Waals surface area (Å²) >= 11 is 0. The van der Waals surface area contributed by atoms with Gasteiger partial charge in [-0.3, -0.25) is 4.90 Å². The van der Waals surface area contributed by atoms with Crippen LogP contribution in [-0.2, 0) is 9.47 Å². The molecule has 22 heavy (non-hydrogen) atoms. The molecule has 2 bridgehead atoms. The van der Waals surface area contributed by atoms with Crippen LogP contribution >= 0.6 is 0 Å². The summed E-state index contributed by atoms with van der Waals surface area (Å²) in [6, 6.07) is 0. The van der Waals surface area contributed by atoms with Gasteiger partial charge in [-0.25, -0.2) is 0 Å². The highest BCUT2D eigenvalue weighted by atomic mass is 16.6. The van der Waals surface area contributed by atoms with Gasteiger partial charge in [0.05, 0.1) is 12.2 Å². The van der Waals surface area contributed by atoms with Gasteiger partial charge in [0.1, 0.15) is 11.8 Å². The lowest BCUT2D eigenvalue weighted by atomic mass is 9.68. The van der Waals surface area contributed by atoms with Crippen molar-refractivity contribution < 1.29 is 9.47 Å². The van der Waals surface area contributed by atoms with E-state index in [1.807, 2.05) is 0 Å². The zero-order valence-corrected chi connectivity index (χ0v) is 14.3. The standard InChI is InChI=1S/C19H29NO2/c1-12-5-6-14-15(9-12)21-16-18(4)10-13-7-8-19(18,22-13)11-20(16)17(14,2)3/h7-8,12-16H,5-6,9-11H2,1-4H3/t12-,13-,14-,15-,16+,18+,19-/m1/s1. The molecule has 3 heteroatoms. The Hall–Kier alpha value is -0.380. The summed E-state index contributed by atoms with van der Waals surface area (Å²) in [5.41, 5.74) is 0.235. The average Bonchev–Trinajstić information content (AvgIpc) is 3.03. The molecule has 122 valence electrons. The summed E-state index contributed by atoms with van der Waals surface area (Å²) in [6.07, 6.45) is 10.6. The molecule has 1 spiro atoms. The zero-order chi connectivity index (χ0) is 15.3. The smallest absolute Gasteiger partial charge is 0.120 e. The zero-order valence-electron chi connectivity index (χ0n) is 14.3. The predicted molar refractivity (Wildman–Crippen MR) is 85.4 cm³/mol. The molecular formula is C19H29NO2. The van der Waals surface area contributed by atoms with Crippen LogP contribution in [0.25, 0.3) is 0 Å². The third-order valence-electron chi connectivity index (χ3n) is 7.77. The molecule has 7 atom stereocenters. The van der Waals surface area contributed by atoms with Crippen LogP contribution in [0.1, 0.15) is 53.4 Å². The van der Waals surface area contributed by atoms with E-state index >= 15 is 0 Å². The summed E-state index contributed by atoms with van der Waals surface area (Å²) in [5, 5.41) is 0. The largest absolute Gasteiger partial charge is 0.362 e. The second-order valence-electron chi connectivity index (χ2n) is 9.36. The Morgan fingerprint density at radius 3 is 2.77 bits per heavy atom. The quantitative estimate of drug-likeness (QED) is 0.641. The van der Waals surface area contributed by atoms with Crippen molar-refractivity contribution >= 4 is 0 Å². The maximum absolute atomic E-state index is 6.80. The third kappa shape index (κ3) is 1.44. The number of fused-ring (bicyclic) bond motifs is 4. The molecule has 0 unspecified atom stereocenters. The van der Waals surface area contributed by atoms with E-state index in [0.717, 1.165) is 18.9 Å². The Kier molecular flexibility index (Phi) is 2.54. The monoisotopic (exact) mass is 303 g/mol. The topological polar surface area (TPSA) is 21.7 Å². The third-order valence-corrected chi connectivity index (χ3v) is 7.77. The summed E-state index contributed by atoms with van der Waals surface area (Å²) in [6.45, 7) is 10.7. The van der Waals surface area contributed by atoms with Crippen molar-refractivity contribution in [1.82, 2.24) is 4.90 Å². The first-order chi connectivity index (χ1) is 10.4. The maximum atomic E-state index is 6.80. The molecule has 0 aromatic rings. The van der Waals surface area contributed by atoms with Gasteiger partial charge in [0, 0.05) is 23.4 Å². The number of hydrogen-bond acceptors (Lipinski definition) is 3. The van der Waals surface area contributed by atoms with E-state index in [-0.39, 0.29) is 22.8 Å². The Balaban J connectivity index is 1.56. The van der Waals surface area contributed by atoms with Crippen molar-refractivity contribution in [3.8, 4) is 0 Å². The molecule has 4 fully saturated rings. The fourth-order valence-electron chi connectivity index (χ4n) is 6.29. The molecule has 5 rings (SSSR count). The van der Waals surface area contributed by atoms with E-state index < -0.39 is 0 Å². The second-order valence-corrected chi connectivity index (χ2v) is 9.36. The Morgan fingerprint density at radius 2 is 2.00 bits per heavy atom. The lowest BCUT2D eigenvalue weighted by Crippen LogP contribution is -2.64. The van der Waals surface area contributed by atoms with Crippen molar-refractivity contribution in [2.45, 2.75) is 83.0 Å². The molecule has 3 nitrogen and oxygen atoms in total. The summed E-state index contributed by atoms with van der Waals surface area (Å²) < 4.78 is 13.2. The highest BCUT2D eigenvalue weighted by Crippen LogP contribution is 2.63. The van der Waals surface area contributed by atoms with Gasteiger partial charge < -0.3 is 9.47 Å². The van der Waals surface area contributed by atoms with Crippen molar-refractivity contribution in [3.05, 3.63) is 12.2 Å². The van der Waals surface area contributed by atoms with Crippen molar-refractivity contribution in [2.24, 2.45) is 17.3 Å². The maximum Gasteiger partial charge on any atom is 0.120 e. The molecule has 3 saturated heterocycles. The van der Waals surface area contributed by atoms with Crippen LogP contribution in [-0.4, -0.2) is 41.0 Å². The van der Waals surface area contributed by atoms with Crippen LogP contribution in [0.2, 0.25) is 0 Å². The van der Waals surface area contributed by atoms with E-state index in [1.54, 1.807) is 0 Å². The van der Waals surface area contributed by atoms with Gasteiger partial charge in [-0.15, -0.1) is 0 Å². The molecule has 4 heterocycles. The minimum atomic E-state index is -0.0985. The van der Waals surface area contributed by atoms with Crippen LogP contribution in [0.4, 0.5) is 0 Å². The SMILES string of the molecule is C[C@@H]1CC[C@@H]2[C@@H](C1)O[C@@H]1N(C[C@]34C=C[C@H](C[C@@]13C)O4)C2(C)C. The van der Waals surface area contributed by atoms with Crippen LogP contribution in [0, 0.1) is 17.3 Å². The van der Waals surface area contributed by atoms with Crippen molar-refractivity contribution in [1.29, 1.82) is 0 Å². The highest BCUT2D eigenvalue weighted by Gasteiger charge is 2.72. The van der Waals surface area contributed by atoms with Gasteiger partial charge in [-0.05, 0) is 39.0 Å². The van der Waals surface area contributed by atoms with Gasteiger partial charge in [0.15, 0.2) is 0 Å². The fraction of sp³-hybridized carbons (Fsp3) is 0.895. The lowest BCUT2D eigenvalue weighted by molar-refractivity contribution is -0.243. The Bertz CT molecular complexity index is 544. The molecule has 1 aliphatic carbocycles. The van der Waals surface area contributed by atoms with Gasteiger partial charge in [0.2, 0.25) is 0 Å². The van der Waals surface area contributed by atoms with Crippen molar-refractivity contribution in [2.75, 3.05) is 6.54 Å². The normalized spacial score (nSPS) is 58.5. The minimum absolute atomic E-state index is 0.0985. The van der Waals surface area contributed by atoms with E-state index in [9.17, 15) is 0 Å². The Morgan fingerprint density at radius 1 is 1.18 bits per heavy atom. The first-order valence-corrected chi connectivity index (χ1v) is 9.15. The first-order valence-electron chi connectivity index (χ1n) is 9.15. The van der Waals surface area contributed by atoms with Crippen molar-refractivity contribution in [3.63, 3.8) is 0 Å². The number of hydrogen-bond donors (Lipinski definition) is 0. The Labute approximate surface area is 134 Å². The predicted octanol–water partition coefficient (Wildman–Crippen LogP) is 3.35. The van der Waals surface area contributed by atoms with Gasteiger partial charge >= 0.3 is 0 Å². The summed E-state index contributed by atoms with van der Waals surface area (Å²) in [5.74, 6) is 1.47. The van der Waals surface area contributed by atoms with Crippen LogP contribution in [0.15, 0.2) is 12.2 Å². The van der Waals surface area contributed by atoms with E-state index in [0.29, 0.717) is 18.1 Å². The van der Waals surface area contributed by atoms with Gasteiger partial charge in [0.25, 0.3) is 0 Å². The molecule has 0 radical (unpaired) electrons. The number of rotatable bonds is 0. The molecule has 5 aliphatic rings. The molecular weight excluding hydrogens is 274 g/mol. The van der Waals surface area contributed by atoms with E-state index in [4.69, 9.17) is 9.47 Å². The molecule has 1 saturated carbocycles. The minimum Gasteiger partial charge on any atom is -0.362 e. The molecule has 4 aliphatic heterocycles.